The summed E-state index contributed by atoms with van der Waals surface area (Å²) in [5, 5.41) is 8.80. The second kappa shape index (κ2) is 5.98. The van der Waals surface area contributed by atoms with Crippen molar-refractivity contribution in [1.82, 2.24) is 4.90 Å². The summed E-state index contributed by atoms with van der Waals surface area (Å²) in [4.78, 5) is 13.0. The van der Waals surface area contributed by atoms with E-state index in [4.69, 9.17) is 9.84 Å². The molecule has 0 spiro atoms. The molecule has 0 aromatic heterocycles. The zero-order valence-corrected chi connectivity index (χ0v) is 8.74. The first-order valence-electron chi connectivity index (χ1n) is 5.18. The van der Waals surface area contributed by atoms with E-state index in [-0.39, 0.29) is 5.92 Å². The van der Waals surface area contributed by atoms with Crippen molar-refractivity contribution in [2.45, 2.75) is 19.3 Å². The fourth-order valence-corrected chi connectivity index (χ4v) is 1.84. The number of aliphatic carboxylic acids is 1. The molecular weight excluding hydrogens is 182 g/mol. The topological polar surface area (TPSA) is 49.8 Å². The smallest absolute Gasteiger partial charge is 0.306 e. The first kappa shape index (κ1) is 11.5. The molecule has 0 radical (unpaired) electrons. The fourth-order valence-electron chi connectivity index (χ4n) is 1.84. The van der Waals surface area contributed by atoms with Crippen LogP contribution in [0.25, 0.3) is 0 Å². The van der Waals surface area contributed by atoms with E-state index in [9.17, 15) is 4.79 Å². The highest BCUT2D eigenvalue weighted by Crippen LogP contribution is 2.17. The van der Waals surface area contributed by atoms with E-state index in [2.05, 4.69) is 4.90 Å². The number of carboxylic acids is 1. The van der Waals surface area contributed by atoms with Crippen LogP contribution in [0.5, 0.6) is 0 Å². The number of likely N-dealkylation sites (tertiary alicyclic amines) is 1. The van der Waals surface area contributed by atoms with Gasteiger partial charge in [-0.15, -0.1) is 0 Å². The van der Waals surface area contributed by atoms with Gasteiger partial charge < -0.3 is 14.7 Å². The molecule has 1 saturated heterocycles. The predicted molar refractivity (Wildman–Crippen MR) is 53.3 cm³/mol. The molecule has 1 aliphatic rings. The lowest BCUT2D eigenvalue weighted by molar-refractivity contribution is -0.143. The first-order chi connectivity index (χ1) is 6.74. The first-order valence-corrected chi connectivity index (χ1v) is 5.18. The van der Waals surface area contributed by atoms with Crippen LogP contribution >= 0.6 is 0 Å². The van der Waals surface area contributed by atoms with Crippen molar-refractivity contribution in [3.8, 4) is 0 Å². The van der Waals surface area contributed by atoms with Gasteiger partial charge in [-0.2, -0.15) is 0 Å². The van der Waals surface area contributed by atoms with Crippen LogP contribution in [0.15, 0.2) is 0 Å². The van der Waals surface area contributed by atoms with E-state index in [1.807, 2.05) is 0 Å². The Labute approximate surface area is 84.8 Å². The Bertz CT molecular complexity index is 176. The Morgan fingerprint density at radius 3 is 2.64 bits per heavy atom. The maximum absolute atomic E-state index is 10.7. The predicted octanol–water partition coefficient (Wildman–Crippen LogP) is 0.820. The zero-order valence-electron chi connectivity index (χ0n) is 8.74. The van der Waals surface area contributed by atoms with Crippen molar-refractivity contribution in [2.75, 3.05) is 33.4 Å². The van der Waals surface area contributed by atoms with Gasteiger partial charge in [0.2, 0.25) is 0 Å². The van der Waals surface area contributed by atoms with Gasteiger partial charge in [0.1, 0.15) is 0 Å². The highest BCUT2D eigenvalue weighted by atomic mass is 16.5. The summed E-state index contributed by atoms with van der Waals surface area (Å²) >= 11 is 0. The minimum atomic E-state index is -0.637. The highest BCUT2D eigenvalue weighted by molar-refractivity contribution is 5.70. The Morgan fingerprint density at radius 2 is 2.14 bits per heavy atom. The number of nitrogens with zero attached hydrogens (tertiary/aromatic N) is 1. The third kappa shape index (κ3) is 3.64. The standard InChI is InChI=1S/C10H19NO3/c1-14-8-2-5-11-6-3-9(4-7-11)10(12)13/h9H,2-8H2,1H3,(H,12,13). The minimum absolute atomic E-state index is 0.117. The molecule has 0 bridgehead atoms. The van der Waals surface area contributed by atoms with Gasteiger partial charge in [-0.25, -0.2) is 0 Å². The Kier molecular flexibility index (Phi) is 4.90. The van der Waals surface area contributed by atoms with E-state index in [1.54, 1.807) is 7.11 Å². The molecule has 4 nitrogen and oxygen atoms in total. The molecule has 1 aliphatic heterocycles. The van der Waals surface area contributed by atoms with Gasteiger partial charge >= 0.3 is 5.97 Å². The molecule has 0 aliphatic carbocycles. The molecule has 0 unspecified atom stereocenters. The van der Waals surface area contributed by atoms with Crippen molar-refractivity contribution >= 4 is 5.97 Å². The molecule has 1 N–H and O–H groups in total. The minimum Gasteiger partial charge on any atom is -0.481 e. The average molecular weight is 201 g/mol. The van der Waals surface area contributed by atoms with Crippen molar-refractivity contribution in [3.05, 3.63) is 0 Å². The molecule has 1 rings (SSSR count). The maximum atomic E-state index is 10.7. The van der Waals surface area contributed by atoms with Crippen LogP contribution in [0, 0.1) is 5.92 Å². The number of hydrogen-bond donors (Lipinski definition) is 1. The van der Waals surface area contributed by atoms with Crippen LogP contribution in [-0.2, 0) is 9.53 Å². The van der Waals surface area contributed by atoms with Crippen LogP contribution in [0.1, 0.15) is 19.3 Å². The van der Waals surface area contributed by atoms with Crippen molar-refractivity contribution < 1.29 is 14.6 Å². The van der Waals surface area contributed by atoms with E-state index < -0.39 is 5.97 Å². The lowest BCUT2D eigenvalue weighted by atomic mass is 9.97. The van der Waals surface area contributed by atoms with Crippen LogP contribution in [-0.4, -0.2) is 49.3 Å². The monoisotopic (exact) mass is 201 g/mol. The molecule has 0 amide bonds. The second-order valence-corrected chi connectivity index (χ2v) is 3.80. The number of hydrogen-bond acceptors (Lipinski definition) is 3. The average Bonchev–Trinajstić information content (AvgIpc) is 2.19. The summed E-state index contributed by atoms with van der Waals surface area (Å²) in [6, 6.07) is 0. The number of rotatable bonds is 5. The summed E-state index contributed by atoms with van der Waals surface area (Å²) in [6.45, 7) is 3.65. The van der Waals surface area contributed by atoms with Crippen LogP contribution in [0.2, 0.25) is 0 Å². The van der Waals surface area contributed by atoms with Crippen LogP contribution < -0.4 is 0 Å². The van der Waals surface area contributed by atoms with E-state index in [0.717, 1.165) is 45.5 Å². The summed E-state index contributed by atoms with van der Waals surface area (Å²) < 4.78 is 4.97. The number of ether oxygens (including phenoxy) is 1. The van der Waals surface area contributed by atoms with Gasteiger partial charge in [-0.1, -0.05) is 0 Å². The van der Waals surface area contributed by atoms with Crippen LogP contribution in [0.3, 0.4) is 0 Å². The maximum Gasteiger partial charge on any atom is 0.306 e. The molecule has 1 fully saturated rings. The van der Waals surface area contributed by atoms with Gasteiger partial charge in [0, 0.05) is 20.3 Å². The summed E-state index contributed by atoms with van der Waals surface area (Å²) in [6.07, 6.45) is 2.62. The number of carboxylic acid groups (broad SMARTS) is 1. The molecule has 0 aromatic carbocycles. The Morgan fingerprint density at radius 1 is 1.50 bits per heavy atom. The molecule has 1 heterocycles. The van der Waals surface area contributed by atoms with Crippen LogP contribution in [0.4, 0.5) is 0 Å². The number of carbonyl (C=O) groups is 1. The zero-order chi connectivity index (χ0) is 10.4. The normalized spacial score (nSPS) is 19.8. The molecule has 0 aromatic rings. The van der Waals surface area contributed by atoms with Crippen molar-refractivity contribution in [2.24, 2.45) is 5.92 Å². The highest BCUT2D eigenvalue weighted by Gasteiger charge is 2.23. The SMILES string of the molecule is COCCCN1CCC(C(=O)O)CC1. The Hall–Kier alpha value is -0.610. The number of methoxy groups -OCH3 is 1. The number of piperidine rings is 1. The summed E-state index contributed by atoms with van der Waals surface area (Å²) in [7, 11) is 1.71. The molecule has 4 heteroatoms. The third-order valence-corrected chi connectivity index (χ3v) is 2.76. The van der Waals surface area contributed by atoms with Gasteiger partial charge in [0.25, 0.3) is 0 Å². The lowest BCUT2D eigenvalue weighted by Gasteiger charge is -2.29. The van der Waals surface area contributed by atoms with E-state index in [0.29, 0.717) is 0 Å². The third-order valence-electron chi connectivity index (χ3n) is 2.76. The molecule has 82 valence electrons. The van der Waals surface area contributed by atoms with Gasteiger partial charge in [-0.3, -0.25) is 4.79 Å². The summed E-state index contributed by atoms with van der Waals surface area (Å²) in [5.41, 5.74) is 0. The second-order valence-electron chi connectivity index (χ2n) is 3.80. The fraction of sp³-hybridized carbons (Fsp3) is 0.900. The largest absolute Gasteiger partial charge is 0.481 e. The molecular formula is C10H19NO3. The quantitative estimate of drug-likeness (QED) is 0.669. The van der Waals surface area contributed by atoms with Crippen molar-refractivity contribution in [1.29, 1.82) is 0 Å². The van der Waals surface area contributed by atoms with Gasteiger partial charge in [0.05, 0.1) is 5.92 Å². The van der Waals surface area contributed by atoms with Crippen molar-refractivity contribution in [3.63, 3.8) is 0 Å². The lowest BCUT2D eigenvalue weighted by Crippen LogP contribution is -2.37. The molecule has 0 atom stereocenters. The molecule has 14 heavy (non-hydrogen) atoms. The molecule has 0 saturated carbocycles. The van der Waals surface area contributed by atoms with Gasteiger partial charge in [0.15, 0.2) is 0 Å². The van der Waals surface area contributed by atoms with E-state index in [1.165, 1.54) is 0 Å². The Balaban J connectivity index is 2.12. The summed E-state index contributed by atoms with van der Waals surface area (Å²) in [5.74, 6) is -0.754. The van der Waals surface area contributed by atoms with E-state index >= 15 is 0 Å². The van der Waals surface area contributed by atoms with Gasteiger partial charge in [-0.05, 0) is 32.4 Å².